The molecule has 0 aliphatic heterocycles. The molecule has 0 atom stereocenters. The van der Waals surface area contributed by atoms with Crippen LogP contribution in [0.25, 0.3) is 98.1 Å². The van der Waals surface area contributed by atoms with E-state index in [0.29, 0.717) is 0 Å². The third-order valence-electron chi connectivity index (χ3n) is 15.1. The van der Waals surface area contributed by atoms with E-state index in [1.54, 1.807) is 0 Å². The molecule has 12 aromatic rings. The monoisotopic (exact) mass is 817 g/mol. The van der Waals surface area contributed by atoms with Crippen molar-refractivity contribution in [3.8, 4) is 22.3 Å². The van der Waals surface area contributed by atoms with Crippen molar-refractivity contribution in [2.24, 2.45) is 0 Å². The number of nitrogens with zero attached hydrogens (tertiary/aromatic N) is 1. The molecule has 2 aliphatic rings. The molecule has 0 amide bonds. The second-order valence-electron chi connectivity index (χ2n) is 19.3. The summed E-state index contributed by atoms with van der Waals surface area (Å²) >= 11 is 0. The average Bonchev–Trinajstić information content (AvgIpc) is 3.88. The highest BCUT2D eigenvalue weighted by atomic mass is 16.3. The van der Waals surface area contributed by atoms with Gasteiger partial charge in [-0.25, -0.2) is 0 Å². The number of anilines is 3. The Hall–Kier alpha value is -7.68. The highest BCUT2D eigenvalue weighted by molar-refractivity contribution is 6.26. The van der Waals surface area contributed by atoms with Crippen LogP contribution in [0.4, 0.5) is 17.1 Å². The Morgan fingerprint density at radius 2 is 0.766 bits per heavy atom. The minimum absolute atomic E-state index is 0.130. The summed E-state index contributed by atoms with van der Waals surface area (Å²) < 4.78 is 6.43. The van der Waals surface area contributed by atoms with Gasteiger partial charge in [-0.05, 0) is 177 Å². The highest BCUT2D eigenvalue weighted by Crippen LogP contribution is 2.54. The first-order chi connectivity index (χ1) is 31.2. The number of hydrogen-bond donors (Lipinski definition) is 0. The van der Waals surface area contributed by atoms with Gasteiger partial charge in [0.2, 0.25) is 0 Å². The summed E-state index contributed by atoms with van der Waals surface area (Å²) in [6.07, 6.45) is 0. The van der Waals surface area contributed by atoms with E-state index < -0.39 is 0 Å². The molecule has 0 saturated heterocycles. The van der Waals surface area contributed by atoms with E-state index in [0.717, 1.165) is 33.6 Å². The minimum atomic E-state index is -0.229. The molecular weight excluding hydrogens is 775 g/mol. The molecule has 0 spiro atoms. The molecular formula is C62H43NO. The number of benzene rings is 11. The Bertz CT molecular complexity index is 4000. The molecule has 64 heavy (non-hydrogen) atoms. The standard InChI is InChI=1S/C62H43NO/c1-61(2)55-30-37-14-6-5-13-36(37)28-51(55)52-29-38-21-22-40(27-39(38)31-56(52)61)63(41-23-25-47-45-17-8-7-15-43(45)44-16-9-10-18-46(44)50(47)32-41)42-24-26-48-53-35-60-54(49-19-11-12-20-59(49)64-60)34-58(53)62(3,4)57(48)33-42/h5-35H,1-4H3. The van der Waals surface area contributed by atoms with Crippen molar-refractivity contribution in [1.82, 2.24) is 0 Å². The van der Waals surface area contributed by atoms with Crippen LogP contribution in [0.2, 0.25) is 0 Å². The predicted octanol–water partition coefficient (Wildman–Crippen LogP) is 17.4. The second kappa shape index (κ2) is 12.5. The minimum Gasteiger partial charge on any atom is -0.456 e. The van der Waals surface area contributed by atoms with E-state index in [-0.39, 0.29) is 10.8 Å². The largest absolute Gasteiger partial charge is 0.456 e. The van der Waals surface area contributed by atoms with E-state index in [9.17, 15) is 0 Å². The quantitative estimate of drug-likeness (QED) is 0.165. The lowest BCUT2D eigenvalue weighted by Gasteiger charge is -2.29. The second-order valence-corrected chi connectivity index (χ2v) is 19.3. The van der Waals surface area contributed by atoms with Crippen LogP contribution in [0, 0.1) is 0 Å². The van der Waals surface area contributed by atoms with Gasteiger partial charge in [-0.1, -0.05) is 137 Å². The number of furan rings is 1. The first kappa shape index (κ1) is 35.9. The van der Waals surface area contributed by atoms with Crippen molar-refractivity contribution in [2.75, 3.05) is 4.90 Å². The molecule has 0 N–H and O–H groups in total. The average molecular weight is 818 g/mol. The van der Waals surface area contributed by atoms with Crippen molar-refractivity contribution in [1.29, 1.82) is 0 Å². The van der Waals surface area contributed by atoms with Gasteiger partial charge >= 0.3 is 0 Å². The third kappa shape index (κ3) is 4.80. The topological polar surface area (TPSA) is 16.4 Å². The fraction of sp³-hybridized carbons (Fsp3) is 0.0968. The van der Waals surface area contributed by atoms with Crippen LogP contribution >= 0.6 is 0 Å². The van der Waals surface area contributed by atoms with Gasteiger partial charge in [-0.2, -0.15) is 0 Å². The first-order valence-electron chi connectivity index (χ1n) is 22.6. The van der Waals surface area contributed by atoms with Crippen LogP contribution in [0.15, 0.2) is 192 Å². The summed E-state index contributed by atoms with van der Waals surface area (Å²) in [5, 5.41) is 15.1. The molecule has 0 radical (unpaired) electrons. The van der Waals surface area contributed by atoms with Gasteiger partial charge in [-0.3, -0.25) is 0 Å². The summed E-state index contributed by atoms with van der Waals surface area (Å²) in [5.41, 5.74) is 15.6. The molecule has 11 aromatic carbocycles. The highest BCUT2D eigenvalue weighted by Gasteiger charge is 2.38. The van der Waals surface area contributed by atoms with Crippen LogP contribution < -0.4 is 4.90 Å². The van der Waals surface area contributed by atoms with Crippen LogP contribution in [-0.4, -0.2) is 0 Å². The van der Waals surface area contributed by atoms with Crippen molar-refractivity contribution in [2.45, 2.75) is 38.5 Å². The lowest BCUT2D eigenvalue weighted by molar-refractivity contribution is 0.658. The summed E-state index contributed by atoms with van der Waals surface area (Å²) in [5.74, 6) is 0. The fourth-order valence-corrected chi connectivity index (χ4v) is 11.9. The van der Waals surface area contributed by atoms with E-state index in [1.807, 2.05) is 0 Å². The Balaban J connectivity index is 0.982. The van der Waals surface area contributed by atoms with Gasteiger partial charge in [0.1, 0.15) is 11.2 Å². The zero-order chi connectivity index (χ0) is 42.6. The van der Waals surface area contributed by atoms with E-state index in [1.165, 1.54) is 104 Å². The van der Waals surface area contributed by atoms with Crippen molar-refractivity contribution in [3.05, 3.63) is 210 Å². The maximum atomic E-state index is 6.43. The summed E-state index contributed by atoms with van der Waals surface area (Å²) in [6.45, 7) is 9.54. The molecule has 2 heteroatoms. The Morgan fingerprint density at radius 3 is 1.47 bits per heavy atom. The van der Waals surface area contributed by atoms with Crippen molar-refractivity contribution < 1.29 is 4.42 Å². The Kier molecular flexibility index (Phi) is 7.00. The van der Waals surface area contributed by atoms with E-state index in [2.05, 4.69) is 221 Å². The molecule has 1 heterocycles. The lowest BCUT2D eigenvalue weighted by Crippen LogP contribution is -2.16. The van der Waals surface area contributed by atoms with Gasteiger partial charge in [0, 0.05) is 38.7 Å². The normalized spacial score (nSPS) is 14.5. The van der Waals surface area contributed by atoms with E-state index >= 15 is 0 Å². The number of rotatable bonds is 3. The van der Waals surface area contributed by atoms with Crippen LogP contribution in [-0.2, 0) is 10.8 Å². The molecule has 1 aromatic heterocycles. The molecule has 302 valence electrons. The van der Waals surface area contributed by atoms with Gasteiger partial charge in [-0.15, -0.1) is 0 Å². The Morgan fingerprint density at radius 1 is 0.297 bits per heavy atom. The third-order valence-corrected chi connectivity index (χ3v) is 15.1. The molecule has 0 saturated carbocycles. The maximum absolute atomic E-state index is 6.43. The molecule has 14 rings (SSSR count). The first-order valence-corrected chi connectivity index (χ1v) is 22.6. The van der Waals surface area contributed by atoms with Crippen LogP contribution in [0.3, 0.4) is 0 Å². The van der Waals surface area contributed by atoms with Crippen LogP contribution in [0.1, 0.15) is 49.9 Å². The van der Waals surface area contributed by atoms with Gasteiger partial charge in [0.15, 0.2) is 0 Å². The van der Waals surface area contributed by atoms with Crippen molar-refractivity contribution >= 4 is 92.9 Å². The Labute approximate surface area is 371 Å². The van der Waals surface area contributed by atoms with E-state index in [4.69, 9.17) is 4.42 Å². The lowest BCUT2D eigenvalue weighted by atomic mass is 9.81. The number of fused-ring (bicyclic) bond motifs is 17. The summed E-state index contributed by atoms with van der Waals surface area (Å²) in [6, 6.07) is 70.6. The zero-order valence-corrected chi connectivity index (χ0v) is 36.3. The molecule has 2 aliphatic carbocycles. The molecule has 2 nitrogen and oxygen atoms in total. The van der Waals surface area contributed by atoms with Gasteiger partial charge in [0.05, 0.1) is 0 Å². The fourth-order valence-electron chi connectivity index (χ4n) is 11.9. The molecule has 0 unspecified atom stereocenters. The molecule has 0 bridgehead atoms. The SMILES string of the molecule is CC1(C)c2cc3ccccc3cc2-c2cc3ccc(N(c4ccc5c(c4)C(C)(C)c4cc6c(cc4-5)oc4ccccc46)c4ccc5c6ccccc6c6ccccc6c5c4)cc3cc21. The maximum Gasteiger partial charge on any atom is 0.136 e. The number of para-hydroxylation sites is 1. The smallest absolute Gasteiger partial charge is 0.136 e. The predicted molar refractivity (Wildman–Crippen MR) is 271 cm³/mol. The van der Waals surface area contributed by atoms with Gasteiger partial charge in [0.25, 0.3) is 0 Å². The van der Waals surface area contributed by atoms with Gasteiger partial charge < -0.3 is 9.32 Å². The van der Waals surface area contributed by atoms with Crippen molar-refractivity contribution in [3.63, 3.8) is 0 Å². The molecule has 0 fully saturated rings. The van der Waals surface area contributed by atoms with Crippen LogP contribution in [0.5, 0.6) is 0 Å². The number of hydrogen-bond acceptors (Lipinski definition) is 2. The summed E-state index contributed by atoms with van der Waals surface area (Å²) in [7, 11) is 0. The zero-order valence-electron chi connectivity index (χ0n) is 36.3. The summed E-state index contributed by atoms with van der Waals surface area (Å²) in [4.78, 5) is 2.49.